The number of carbonyl (C=O) groups is 1. The Bertz CT molecular complexity index is 536. The Labute approximate surface area is 134 Å². The molecule has 1 aliphatic rings. The van der Waals surface area contributed by atoms with Crippen LogP contribution in [0.4, 0.5) is 5.69 Å². The number of carboxylic acid groups (broad SMARTS) is 1. The highest BCUT2D eigenvalue weighted by Gasteiger charge is 2.30. The van der Waals surface area contributed by atoms with Gasteiger partial charge in [-0.15, -0.1) is 0 Å². The van der Waals surface area contributed by atoms with E-state index in [-0.39, 0.29) is 0 Å². The molecule has 0 aliphatic heterocycles. The molecule has 0 amide bonds. The van der Waals surface area contributed by atoms with Crippen molar-refractivity contribution in [1.82, 2.24) is 0 Å². The van der Waals surface area contributed by atoms with Crippen molar-refractivity contribution in [3.8, 4) is 0 Å². The molecule has 1 aromatic rings. The number of anilines is 1. The van der Waals surface area contributed by atoms with Crippen LogP contribution in [0.25, 0.3) is 6.08 Å². The van der Waals surface area contributed by atoms with E-state index in [1.54, 1.807) is 6.08 Å². The molecule has 4 heteroatoms. The van der Waals surface area contributed by atoms with Crippen LogP contribution in [-0.2, 0) is 4.79 Å². The van der Waals surface area contributed by atoms with Crippen LogP contribution in [0.15, 0.2) is 28.7 Å². The molecular weight excluding hydrogens is 330 g/mol. The van der Waals surface area contributed by atoms with Crippen LogP contribution in [0.2, 0.25) is 0 Å². The van der Waals surface area contributed by atoms with Crippen LogP contribution in [0.3, 0.4) is 0 Å². The third-order valence-corrected chi connectivity index (χ3v) is 4.27. The summed E-state index contributed by atoms with van der Waals surface area (Å²) in [6.45, 7) is 5.57. The number of benzene rings is 1. The molecule has 1 fully saturated rings. The van der Waals surface area contributed by atoms with Gasteiger partial charge in [-0.1, -0.05) is 19.9 Å². The first kappa shape index (κ1) is 16.1. The first-order chi connectivity index (χ1) is 9.97. The third-order valence-electron chi connectivity index (χ3n) is 3.63. The van der Waals surface area contributed by atoms with E-state index in [1.807, 2.05) is 12.1 Å². The van der Waals surface area contributed by atoms with Gasteiger partial charge in [0.25, 0.3) is 0 Å². The first-order valence-electron chi connectivity index (χ1n) is 7.44. The molecule has 3 nitrogen and oxygen atoms in total. The molecule has 0 bridgehead atoms. The van der Waals surface area contributed by atoms with Gasteiger partial charge < -0.3 is 10.0 Å². The van der Waals surface area contributed by atoms with E-state index in [9.17, 15) is 4.79 Å². The zero-order valence-electron chi connectivity index (χ0n) is 12.6. The monoisotopic (exact) mass is 351 g/mol. The van der Waals surface area contributed by atoms with Gasteiger partial charge in [-0.3, -0.25) is 0 Å². The Morgan fingerprint density at radius 1 is 1.48 bits per heavy atom. The Kier molecular flexibility index (Phi) is 5.45. The van der Waals surface area contributed by atoms with E-state index >= 15 is 0 Å². The largest absolute Gasteiger partial charge is 0.478 e. The zero-order chi connectivity index (χ0) is 15.4. The smallest absolute Gasteiger partial charge is 0.328 e. The Balaban J connectivity index is 2.15. The number of carboxylic acids is 1. The molecule has 1 aliphatic carbocycles. The van der Waals surface area contributed by atoms with Crippen LogP contribution in [0.5, 0.6) is 0 Å². The topological polar surface area (TPSA) is 40.5 Å². The van der Waals surface area contributed by atoms with Crippen molar-refractivity contribution in [3.05, 3.63) is 34.3 Å². The molecule has 0 spiro atoms. The van der Waals surface area contributed by atoms with Crippen LogP contribution in [0.1, 0.15) is 38.7 Å². The minimum absolute atomic E-state index is 0.667. The van der Waals surface area contributed by atoms with Crippen LogP contribution < -0.4 is 4.90 Å². The van der Waals surface area contributed by atoms with Gasteiger partial charge in [-0.25, -0.2) is 4.79 Å². The van der Waals surface area contributed by atoms with Crippen molar-refractivity contribution in [2.45, 2.75) is 39.2 Å². The van der Waals surface area contributed by atoms with E-state index in [1.165, 1.54) is 31.0 Å². The molecule has 21 heavy (non-hydrogen) atoms. The number of rotatable bonds is 7. The van der Waals surface area contributed by atoms with E-state index in [0.29, 0.717) is 12.0 Å². The maximum Gasteiger partial charge on any atom is 0.328 e. The summed E-state index contributed by atoms with van der Waals surface area (Å²) >= 11 is 3.63. The molecule has 1 N–H and O–H groups in total. The molecule has 114 valence electrons. The molecule has 0 heterocycles. The highest BCUT2D eigenvalue weighted by Crippen LogP contribution is 2.36. The Hall–Kier alpha value is -1.29. The number of nitrogens with zero attached hydrogens (tertiary/aromatic N) is 1. The fourth-order valence-electron chi connectivity index (χ4n) is 2.31. The van der Waals surface area contributed by atoms with Crippen molar-refractivity contribution in [1.29, 1.82) is 0 Å². The van der Waals surface area contributed by atoms with E-state index < -0.39 is 5.97 Å². The minimum Gasteiger partial charge on any atom is -0.478 e. The highest BCUT2D eigenvalue weighted by atomic mass is 79.9. The van der Waals surface area contributed by atoms with Gasteiger partial charge in [0.2, 0.25) is 0 Å². The van der Waals surface area contributed by atoms with Gasteiger partial charge in [0, 0.05) is 23.1 Å². The number of aliphatic carboxylic acids is 1. The van der Waals surface area contributed by atoms with Gasteiger partial charge >= 0.3 is 5.97 Å². The predicted octanol–water partition coefficient (Wildman–Crippen LogP) is 4.56. The number of hydrogen-bond donors (Lipinski definition) is 1. The molecule has 0 saturated heterocycles. The summed E-state index contributed by atoms with van der Waals surface area (Å²) in [6, 6.07) is 6.72. The zero-order valence-corrected chi connectivity index (χ0v) is 14.1. The lowest BCUT2D eigenvalue weighted by molar-refractivity contribution is -0.131. The van der Waals surface area contributed by atoms with Gasteiger partial charge in [0.15, 0.2) is 0 Å². The van der Waals surface area contributed by atoms with Gasteiger partial charge in [0.05, 0.1) is 5.69 Å². The van der Waals surface area contributed by atoms with E-state index in [4.69, 9.17) is 5.11 Å². The van der Waals surface area contributed by atoms with Crippen molar-refractivity contribution >= 4 is 33.7 Å². The fraction of sp³-hybridized carbons (Fsp3) is 0.471. The Morgan fingerprint density at radius 3 is 2.71 bits per heavy atom. The van der Waals surface area contributed by atoms with Crippen molar-refractivity contribution < 1.29 is 9.90 Å². The normalized spacial score (nSPS) is 14.9. The fourth-order valence-corrected chi connectivity index (χ4v) is 2.93. The summed E-state index contributed by atoms with van der Waals surface area (Å²) in [5, 5.41) is 8.68. The summed E-state index contributed by atoms with van der Waals surface area (Å²) in [6.07, 6.45) is 6.51. The molecule has 0 radical (unpaired) electrons. The molecule has 0 unspecified atom stereocenters. The summed E-state index contributed by atoms with van der Waals surface area (Å²) in [5.74, 6) is -0.227. The van der Waals surface area contributed by atoms with E-state index in [2.05, 4.69) is 40.7 Å². The average molecular weight is 352 g/mol. The molecule has 1 saturated carbocycles. The standard InChI is InChI=1S/C17H22BrNO2/c1-12(2)9-10-19(14-5-6-14)16-7-3-13(11-15(16)18)4-8-17(20)21/h3-4,7-8,11-12,14H,5-6,9-10H2,1-2H3,(H,20,21)/b8-4+. The lowest BCUT2D eigenvalue weighted by Crippen LogP contribution is -2.28. The second kappa shape index (κ2) is 7.12. The van der Waals surface area contributed by atoms with Gasteiger partial charge in [-0.05, 0) is 64.9 Å². The van der Waals surface area contributed by atoms with Crippen LogP contribution in [-0.4, -0.2) is 23.7 Å². The SMILES string of the molecule is CC(C)CCN(c1ccc(/C=C/C(=O)O)cc1Br)C1CC1. The van der Waals surface area contributed by atoms with Crippen molar-refractivity contribution in [2.75, 3.05) is 11.4 Å². The molecule has 0 atom stereocenters. The predicted molar refractivity (Wildman–Crippen MR) is 90.6 cm³/mol. The second-order valence-electron chi connectivity index (χ2n) is 5.99. The molecule has 1 aromatic carbocycles. The molecule has 0 aromatic heterocycles. The van der Waals surface area contributed by atoms with Crippen molar-refractivity contribution in [2.24, 2.45) is 5.92 Å². The van der Waals surface area contributed by atoms with Gasteiger partial charge in [0.1, 0.15) is 0 Å². The quantitative estimate of drug-likeness (QED) is 0.732. The lowest BCUT2D eigenvalue weighted by Gasteiger charge is -2.27. The lowest BCUT2D eigenvalue weighted by atomic mass is 10.1. The van der Waals surface area contributed by atoms with Crippen LogP contribution in [0, 0.1) is 5.92 Å². The maximum absolute atomic E-state index is 10.6. The maximum atomic E-state index is 10.6. The van der Waals surface area contributed by atoms with Crippen LogP contribution >= 0.6 is 15.9 Å². The highest BCUT2D eigenvalue weighted by molar-refractivity contribution is 9.10. The Morgan fingerprint density at radius 2 is 2.19 bits per heavy atom. The van der Waals surface area contributed by atoms with E-state index in [0.717, 1.165) is 16.6 Å². The number of hydrogen-bond acceptors (Lipinski definition) is 2. The van der Waals surface area contributed by atoms with Crippen molar-refractivity contribution in [3.63, 3.8) is 0 Å². The molecule has 2 rings (SSSR count). The second-order valence-corrected chi connectivity index (χ2v) is 6.84. The summed E-state index contributed by atoms with van der Waals surface area (Å²) in [4.78, 5) is 13.1. The first-order valence-corrected chi connectivity index (χ1v) is 8.24. The molecular formula is C17H22BrNO2. The summed E-state index contributed by atoms with van der Waals surface area (Å²) in [5.41, 5.74) is 2.11. The number of halogens is 1. The summed E-state index contributed by atoms with van der Waals surface area (Å²) in [7, 11) is 0. The van der Waals surface area contributed by atoms with Gasteiger partial charge in [-0.2, -0.15) is 0 Å². The minimum atomic E-state index is -0.924. The average Bonchev–Trinajstić information content (AvgIpc) is 3.22. The third kappa shape index (κ3) is 4.88. The summed E-state index contributed by atoms with van der Waals surface area (Å²) < 4.78 is 1.03.